The van der Waals surface area contributed by atoms with Crippen LogP contribution in [-0.4, -0.2) is 49.1 Å². The van der Waals surface area contributed by atoms with Gasteiger partial charge in [0.2, 0.25) is 0 Å². The Kier molecular flexibility index (Phi) is 5.05. The van der Waals surface area contributed by atoms with E-state index >= 15 is 0 Å². The first-order chi connectivity index (χ1) is 11.7. The van der Waals surface area contributed by atoms with Crippen molar-refractivity contribution < 1.29 is 18.8 Å². The Labute approximate surface area is 140 Å². The van der Waals surface area contributed by atoms with Crippen LogP contribution in [0.4, 0.5) is 4.39 Å². The minimum absolute atomic E-state index is 0.105. The number of benzene rings is 1. The molecule has 0 spiro atoms. The van der Waals surface area contributed by atoms with Gasteiger partial charge in [-0.25, -0.2) is 4.39 Å². The summed E-state index contributed by atoms with van der Waals surface area (Å²) < 4.78 is 19.0. The standard InChI is InChI=1S/C18H20FN3O2/c1-24-15-2-3-16(17(19)12-15)18(23)22-10-8-21(9-11-22)13-14-4-6-20-7-5-14/h2-7,12H,8-11,13H2,1H3/p+1. The summed E-state index contributed by atoms with van der Waals surface area (Å²) in [6, 6.07) is 8.38. The van der Waals surface area contributed by atoms with Crippen molar-refractivity contribution in [2.75, 3.05) is 33.3 Å². The molecule has 0 radical (unpaired) electrons. The Morgan fingerprint density at radius 3 is 2.58 bits per heavy atom. The normalized spacial score (nSPS) is 15.3. The Hall–Kier alpha value is -2.47. The summed E-state index contributed by atoms with van der Waals surface area (Å²) in [4.78, 5) is 19.7. The smallest absolute Gasteiger partial charge is 0.257 e. The van der Waals surface area contributed by atoms with Crippen molar-refractivity contribution in [3.8, 4) is 5.75 Å². The molecule has 1 aromatic carbocycles. The van der Waals surface area contributed by atoms with Crippen molar-refractivity contribution in [2.45, 2.75) is 6.54 Å². The summed E-state index contributed by atoms with van der Waals surface area (Å²) in [5.74, 6) is -0.375. The number of nitrogens with one attached hydrogen (secondary N) is 1. The highest BCUT2D eigenvalue weighted by Gasteiger charge is 2.26. The lowest BCUT2D eigenvalue weighted by atomic mass is 10.1. The fraction of sp³-hybridized carbons (Fsp3) is 0.333. The number of quaternary nitrogens is 1. The van der Waals surface area contributed by atoms with E-state index in [0.29, 0.717) is 18.8 Å². The molecular weight excluding hydrogens is 309 g/mol. The number of carbonyl (C=O) groups excluding carboxylic acids is 1. The molecule has 6 heteroatoms. The molecule has 1 amide bonds. The van der Waals surface area contributed by atoms with Crippen LogP contribution in [0.1, 0.15) is 15.9 Å². The summed E-state index contributed by atoms with van der Waals surface area (Å²) in [6.45, 7) is 3.88. The molecule has 0 saturated carbocycles. The number of ether oxygens (including phenoxy) is 1. The number of pyridine rings is 1. The van der Waals surface area contributed by atoms with Gasteiger partial charge in [0.05, 0.1) is 38.9 Å². The Morgan fingerprint density at radius 2 is 1.96 bits per heavy atom. The van der Waals surface area contributed by atoms with E-state index in [1.807, 2.05) is 12.1 Å². The first kappa shape index (κ1) is 16.4. The Morgan fingerprint density at radius 1 is 1.25 bits per heavy atom. The number of amides is 1. The number of piperazine rings is 1. The second-order valence-corrected chi connectivity index (χ2v) is 5.92. The van der Waals surface area contributed by atoms with Crippen LogP contribution in [0, 0.1) is 5.82 Å². The van der Waals surface area contributed by atoms with Crippen molar-refractivity contribution >= 4 is 5.91 Å². The molecule has 3 rings (SSSR count). The number of halogens is 1. The molecular formula is C18H21FN3O2+. The van der Waals surface area contributed by atoms with Gasteiger partial charge in [0.25, 0.3) is 5.91 Å². The predicted molar refractivity (Wildman–Crippen MR) is 87.5 cm³/mol. The third kappa shape index (κ3) is 3.71. The largest absolute Gasteiger partial charge is 0.497 e. The lowest BCUT2D eigenvalue weighted by molar-refractivity contribution is -0.917. The van der Waals surface area contributed by atoms with Crippen molar-refractivity contribution in [2.24, 2.45) is 0 Å². The minimum atomic E-state index is -0.536. The molecule has 0 aliphatic carbocycles. The van der Waals surface area contributed by atoms with Crippen LogP contribution in [0.3, 0.4) is 0 Å². The van der Waals surface area contributed by atoms with Gasteiger partial charge >= 0.3 is 0 Å². The van der Waals surface area contributed by atoms with Crippen molar-refractivity contribution in [1.29, 1.82) is 0 Å². The first-order valence-corrected chi connectivity index (χ1v) is 8.02. The number of methoxy groups -OCH3 is 1. The van der Waals surface area contributed by atoms with Crippen molar-refractivity contribution in [1.82, 2.24) is 9.88 Å². The van der Waals surface area contributed by atoms with E-state index in [1.165, 1.54) is 29.7 Å². The maximum Gasteiger partial charge on any atom is 0.257 e. The van der Waals surface area contributed by atoms with Gasteiger partial charge in [-0.2, -0.15) is 0 Å². The summed E-state index contributed by atoms with van der Waals surface area (Å²) in [5.41, 5.74) is 1.34. The molecule has 1 aliphatic rings. The predicted octanol–water partition coefficient (Wildman–Crippen LogP) is 0.770. The molecule has 24 heavy (non-hydrogen) atoms. The van der Waals surface area contributed by atoms with E-state index in [1.54, 1.807) is 23.4 Å². The lowest BCUT2D eigenvalue weighted by Gasteiger charge is -2.32. The molecule has 0 bridgehead atoms. The van der Waals surface area contributed by atoms with Crippen molar-refractivity contribution in [3.63, 3.8) is 0 Å². The van der Waals surface area contributed by atoms with Gasteiger partial charge in [0.1, 0.15) is 18.1 Å². The maximum atomic E-state index is 14.1. The lowest BCUT2D eigenvalue weighted by Crippen LogP contribution is -3.13. The van der Waals surface area contributed by atoms with Gasteiger partial charge in [-0.3, -0.25) is 9.78 Å². The highest BCUT2D eigenvalue weighted by molar-refractivity contribution is 5.94. The van der Waals surface area contributed by atoms with Gasteiger partial charge in [0.15, 0.2) is 0 Å². The molecule has 0 unspecified atom stereocenters. The average Bonchev–Trinajstić information content (AvgIpc) is 2.62. The third-order valence-electron chi connectivity index (χ3n) is 4.37. The summed E-state index contributed by atoms with van der Waals surface area (Å²) >= 11 is 0. The van der Waals surface area contributed by atoms with E-state index in [-0.39, 0.29) is 11.5 Å². The second kappa shape index (κ2) is 7.40. The number of hydrogen-bond acceptors (Lipinski definition) is 3. The van der Waals surface area contributed by atoms with Gasteiger partial charge in [-0.15, -0.1) is 0 Å². The van der Waals surface area contributed by atoms with Crippen molar-refractivity contribution in [3.05, 3.63) is 59.7 Å². The van der Waals surface area contributed by atoms with E-state index in [9.17, 15) is 9.18 Å². The van der Waals surface area contributed by atoms with Crippen LogP contribution in [0.2, 0.25) is 0 Å². The monoisotopic (exact) mass is 330 g/mol. The van der Waals surface area contributed by atoms with Crippen LogP contribution in [0.5, 0.6) is 5.75 Å². The molecule has 1 aliphatic heterocycles. The fourth-order valence-corrected chi connectivity index (χ4v) is 2.96. The number of hydrogen-bond donors (Lipinski definition) is 1. The fourth-order valence-electron chi connectivity index (χ4n) is 2.96. The summed E-state index contributed by atoms with van der Waals surface area (Å²) in [5, 5.41) is 0. The minimum Gasteiger partial charge on any atom is -0.497 e. The molecule has 2 aromatic rings. The SMILES string of the molecule is COc1ccc(C(=O)N2CC[NH+](Cc3ccncc3)CC2)c(F)c1. The molecule has 1 saturated heterocycles. The number of carbonyl (C=O) groups is 1. The second-order valence-electron chi connectivity index (χ2n) is 5.92. The van der Waals surface area contributed by atoms with Crippen LogP contribution < -0.4 is 9.64 Å². The zero-order chi connectivity index (χ0) is 16.9. The van der Waals surface area contributed by atoms with E-state index in [2.05, 4.69) is 4.98 Å². The number of nitrogens with zero attached hydrogens (tertiary/aromatic N) is 2. The summed E-state index contributed by atoms with van der Waals surface area (Å²) in [6.07, 6.45) is 3.59. The van der Waals surface area contributed by atoms with Gasteiger partial charge in [-0.05, 0) is 24.3 Å². The number of aromatic nitrogens is 1. The molecule has 1 fully saturated rings. The van der Waals surface area contributed by atoms with E-state index in [0.717, 1.165) is 19.6 Å². The highest BCUT2D eigenvalue weighted by atomic mass is 19.1. The molecule has 2 heterocycles. The molecule has 5 nitrogen and oxygen atoms in total. The molecule has 0 atom stereocenters. The average molecular weight is 330 g/mol. The van der Waals surface area contributed by atoms with Gasteiger partial charge in [0, 0.05) is 24.0 Å². The van der Waals surface area contributed by atoms with Gasteiger partial charge in [-0.1, -0.05) is 0 Å². The van der Waals surface area contributed by atoms with Crippen LogP contribution >= 0.6 is 0 Å². The van der Waals surface area contributed by atoms with E-state index in [4.69, 9.17) is 4.74 Å². The topological polar surface area (TPSA) is 46.9 Å². The van der Waals surface area contributed by atoms with Crippen LogP contribution in [0.15, 0.2) is 42.7 Å². The molecule has 126 valence electrons. The summed E-state index contributed by atoms with van der Waals surface area (Å²) in [7, 11) is 1.47. The number of rotatable bonds is 4. The Balaban J connectivity index is 1.59. The van der Waals surface area contributed by atoms with Gasteiger partial charge < -0.3 is 14.5 Å². The van der Waals surface area contributed by atoms with E-state index < -0.39 is 5.82 Å². The first-order valence-electron chi connectivity index (χ1n) is 8.02. The molecule has 1 N–H and O–H groups in total. The quantitative estimate of drug-likeness (QED) is 0.901. The Bertz CT molecular complexity index is 701. The third-order valence-corrected chi connectivity index (χ3v) is 4.37. The maximum absolute atomic E-state index is 14.1. The highest BCUT2D eigenvalue weighted by Crippen LogP contribution is 2.17. The zero-order valence-electron chi connectivity index (χ0n) is 13.7. The molecule has 1 aromatic heterocycles. The van der Waals surface area contributed by atoms with Crippen LogP contribution in [0.25, 0.3) is 0 Å². The van der Waals surface area contributed by atoms with Crippen LogP contribution in [-0.2, 0) is 6.54 Å². The zero-order valence-corrected chi connectivity index (χ0v) is 13.7.